The maximum absolute atomic E-state index is 12.9. The normalized spacial score (nSPS) is 13.7. The average Bonchev–Trinajstić information content (AvgIpc) is 3.35. The first kappa shape index (κ1) is 20.7. The number of nitrogens with zero attached hydrogens (tertiary/aromatic N) is 1. The molecule has 2 aromatic carbocycles. The number of imide groups is 1. The topological polar surface area (TPSA) is 91.7 Å². The van der Waals surface area contributed by atoms with E-state index in [9.17, 15) is 14.4 Å². The standard InChI is InChI=1S/C22H15Cl2N3O4/c23-14-5-2-7-16(11-14)27-21(29)18(24)19(22(27)30)26-15-6-1-4-13(10-15)20(28)25-12-17-8-3-9-31-17/h1-11,26H,12H2,(H,25,28). The van der Waals surface area contributed by atoms with Gasteiger partial charge in [0, 0.05) is 16.3 Å². The Morgan fingerprint density at radius 3 is 2.52 bits per heavy atom. The Morgan fingerprint density at radius 1 is 0.968 bits per heavy atom. The molecule has 0 spiro atoms. The molecular formula is C22H15Cl2N3O4. The molecule has 9 heteroatoms. The van der Waals surface area contributed by atoms with Gasteiger partial charge in [0.05, 0.1) is 18.5 Å². The molecule has 31 heavy (non-hydrogen) atoms. The monoisotopic (exact) mass is 455 g/mol. The van der Waals surface area contributed by atoms with E-state index >= 15 is 0 Å². The maximum atomic E-state index is 12.9. The van der Waals surface area contributed by atoms with Crippen LogP contribution in [-0.4, -0.2) is 17.7 Å². The molecule has 3 aromatic rings. The van der Waals surface area contributed by atoms with Crippen LogP contribution in [0.2, 0.25) is 5.02 Å². The Labute approximate surface area is 187 Å². The molecule has 0 saturated carbocycles. The minimum absolute atomic E-state index is 0.0835. The summed E-state index contributed by atoms with van der Waals surface area (Å²) in [5.74, 6) is -0.987. The van der Waals surface area contributed by atoms with Gasteiger partial charge in [0.1, 0.15) is 16.5 Å². The quantitative estimate of drug-likeness (QED) is 0.540. The fraction of sp³-hybridized carbons (Fsp3) is 0.0455. The molecule has 1 aliphatic rings. The van der Waals surface area contributed by atoms with Crippen LogP contribution in [0.1, 0.15) is 16.1 Å². The molecular weight excluding hydrogens is 441 g/mol. The lowest BCUT2D eigenvalue weighted by Crippen LogP contribution is -2.32. The lowest BCUT2D eigenvalue weighted by atomic mass is 10.2. The van der Waals surface area contributed by atoms with Gasteiger partial charge in [-0.25, -0.2) is 4.90 Å². The van der Waals surface area contributed by atoms with Crippen molar-refractivity contribution in [2.75, 3.05) is 10.2 Å². The molecule has 156 valence electrons. The largest absolute Gasteiger partial charge is 0.467 e. The van der Waals surface area contributed by atoms with Crippen LogP contribution in [0.5, 0.6) is 0 Å². The third-order valence-electron chi connectivity index (χ3n) is 4.49. The molecule has 1 aliphatic heterocycles. The summed E-state index contributed by atoms with van der Waals surface area (Å²) in [6.45, 7) is 0.238. The summed E-state index contributed by atoms with van der Waals surface area (Å²) in [6, 6.07) is 16.3. The van der Waals surface area contributed by atoms with Crippen molar-refractivity contribution in [2.45, 2.75) is 6.54 Å². The van der Waals surface area contributed by atoms with Gasteiger partial charge in [-0.05, 0) is 48.5 Å². The third-order valence-corrected chi connectivity index (χ3v) is 5.08. The van der Waals surface area contributed by atoms with E-state index in [0.717, 1.165) is 4.90 Å². The van der Waals surface area contributed by atoms with Gasteiger partial charge >= 0.3 is 0 Å². The Bertz CT molecular complexity index is 1200. The number of hydrogen-bond donors (Lipinski definition) is 2. The van der Waals surface area contributed by atoms with Crippen LogP contribution in [0.15, 0.2) is 82.1 Å². The van der Waals surface area contributed by atoms with Crippen molar-refractivity contribution < 1.29 is 18.8 Å². The van der Waals surface area contributed by atoms with Crippen LogP contribution in [0.3, 0.4) is 0 Å². The summed E-state index contributed by atoms with van der Waals surface area (Å²) in [4.78, 5) is 38.8. The van der Waals surface area contributed by atoms with Crippen LogP contribution < -0.4 is 15.5 Å². The van der Waals surface area contributed by atoms with Crippen molar-refractivity contribution in [2.24, 2.45) is 0 Å². The van der Waals surface area contributed by atoms with E-state index in [2.05, 4.69) is 10.6 Å². The minimum Gasteiger partial charge on any atom is -0.467 e. The van der Waals surface area contributed by atoms with E-state index in [1.807, 2.05) is 0 Å². The Hall–Kier alpha value is -3.55. The second kappa shape index (κ2) is 8.67. The predicted molar refractivity (Wildman–Crippen MR) is 117 cm³/mol. The fourth-order valence-electron chi connectivity index (χ4n) is 3.03. The second-order valence-corrected chi connectivity index (χ2v) is 7.40. The molecule has 0 bridgehead atoms. The van der Waals surface area contributed by atoms with E-state index < -0.39 is 11.8 Å². The number of carbonyl (C=O) groups is 3. The highest BCUT2D eigenvalue weighted by Crippen LogP contribution is 2.31. The van der Waals surface area contributed by atoms with E-state index in [1.54, 1.807) is 54.6 Å². The van der Waals surface area contributed by atoms with Gasteiger partial charge in [0.2, 0.25) is 0 Å². The molecule has 0 atom stereocenters. The van der Waals surface area contributed by atoms with Crippen molar-refractivity contribution >= 4 is 52.3 Å². The zero-order chi connectivity index (χ0) is 22.0. The van der Waals surface area contributed by atoms with Gasteiger partial charge in [-0.3, -0.25) is 14.4 Å². The van der Waals surface area contributed by atoms with E-state index in [0.29, 0.717) is 27.7 Å². The van der Waals surface area contributed by atoms with E-state index in [4.69, 9.17) is 27.6 Å². The van der Waals surface area contributed by atoms with Gasteiger partial charge in [0.15, 0.2) is 0 Å². The number of hydrogen-bond acceptors (Lipinski definition) is 5. The van der Waals surface area contributed by atoms with Gasteiger partial charge in [-0.15, -0.1) is 0 Å². The Morgan fingerprint density at radius 2 is 1.77 bits per heavy atom. The zero-order valence-electron chi connectivity index (χ0n) is 15.9. The lowest BCUT2D eigenvalue weighted by Gasteiger charge is -2.15. The van der Waals surface area contributed by atoms with Crippen molar-refractivity contribution in [3.8, 4) is 0 Å². The SMILES string of the molecule is O=C(NCc1ccco1)c1cccc(NC2=C(Cl)C(=O)N(c3cccc(Cl)c3)C2=O)c1. The van der Waals surface area contributed by atoms with Gasteiger partial charge in [0.25, 0.3) is 17.7 Å². The van der Waals surface area contributed by atoms with Gasteiger partial charge in [-0.1, -0.05) is 35.3 Å². The molecule has 2 heterocycles. The number of carbonyl (C=O) groups excluding carboxylic acids is 3. The number of halogens is 2. The summed E-state index contributed by atoms with van der Waals surface area (Å²) in [7, 11) is 0. The highest BCUT2D eigenvalue weighted by Gasteiger charge is 2.39. The van der Waals surface area contributed by atoms with E-state index in [-0.39, 0.29) is 23.2 Å². The van der Waals surface area contributed by atoms with Crippen molar-refractivity contribution in [3.05, 3.63) is 94.0 Å². The van der Waals surface area contributed by atoms with Crippen molar-refractivity contribution in [3.63, 3.8) is 0 Å². The maximum Gasteiger partial charge on any atom is 0.283 e. The van der Waals surface area contributed by atoms with Crippen LogP contribution in [0, 0.1) is 0 Å². The molecule has 0 unspecified atom stereocenters. The first-order valence-corrected chi connectivity index (χ1v) is 9.91. The first-order valence-electron chi connectivity index (χ1n) is 9.16. The summed E-state index contributed by atoms with van der Waals surface area (Å²) >= 11 is 12.1. The van der Waals surface area contributed by atoms with Gasteiger partial charge < -0.3 is 15.1 Å². The summed E-state index contributed by atoms with van der Waals surface area (Å²) in [6.07, 6.45) is 1.52. The second-order valence-electron chi connectivity index (χ2n) is 6.58. The number of benzene rings is 2. The summed E-state index contributed by atoms with van der Waals surface area (Å²) < 4.78 is 5.19. The minimum atomic E-state index is -0.663. The molecule has 0 radical (unpaired) electrons. The number of anilines is 2. The van der Waals surface area contributed by atoms with E-state index in [1.165, 1.54) is 12.3 Å². The smallest absolute Gasteiger partial charge is 0.283 e. The van der Waals surface area contributed by atoms with Crippen LogP contribution in [0.25, 0.3) is 0 Å². The zero-order valence-corrected chi connectivity index (χ0v) is 17.4. The fourth-order valence-corrected chi connectivity index (χ4v) is 3.42. The molecule has 7 nitrogen and oxygen atoms in total. The number of amides is 3. The third kappa shape index (κ3) is 4.33. The molecule has 3 amide bonds. The van der Waals surface area contributed by atoms with Crippen LogP contribution in [0.4, 0.5) is 11.4 Å². The van der Waals surface area contributed by atoms with Crippen LogP contribution in [-0.2, 0) is 16.1 Å². The highest BCUT2D eigenvalue weighted by molar-refractivity contribution is 6.53. The predicted octanol–water partition coefficient (Wildman–Crippen LogP) is 4.30. The highest BCUT2D eigenvalue weighted by atomic mass is 35.5. The Kier molecular flexibility index (Phi) is 5.79. The summed E-state index contributed by atoms with van der Waals surface area (Å²) in [5, 5.41) is 5.72. The molecule has 0 fully saturated rings. The average molecular weight is 456 g/mol. The number of furan rings is 1. The number of rotatable bonds is 6. The molecule has 0 aliphatic carbocycles. The van der Waals surface area contributed by atoms with Crippen LogP contribution >= 0.6 is 23.2 Å². The molecule has 4 rings (SSSR count). The van der Waals surface area contributed by atoms with Crippen molar-refractivity contribution in [1.82, 2.24) is 5.32 Å². The number of nitrogens with one attached hydrogen (secondary N) is 2. The first-order chi connectivity index (χ1) is 14.9. The molecule has 1 aromatic heterocycles. The molecule has 0 saturated heterocycles. The molecule has 2 N–H and O–H groups in total. The summed E-state index contributed by atoms with van der Waals surface area (Å²) in [5.41, 5.74) is 1.01. The Balaban J connectivity index is 1.51. The lowest BCUT2D eigenvalue weighted by molar-refractivity contribution is -0.120. The van der Waals surface area contributed by atoms with Crippen molar-refractivity contribution in [1.29, 1.82) is 0 Å². The van der Waals surface area contributed by atoms with Gasteiger partial charge in [-0.2, -0.15) is 0 Å².